The zero-order valence-corrected chi connectivity index (χ0v) is 17.9. The molecule has 0 spiro atoms. The largest absolute Gasteiger partial charge is 0.273 e. The number of carbonyl (C=O) groups excluding carboxylic acids is 2. The highest BCUT2D eigenvalue weighted by atomic mass is 35.5. The Morgan fingerprint density at radius 2 is 1.58 bits per heavy atom. The first-order chi connectivity index (χ1) is 15.0. The average molecular weight is 433 g/mol. The summed E-state index contributed by atoms with van der Waals surface area (Å²) in [6, 6.07) is 22.1. The number of hydrogen-bond donors (Lipinski definition) is 0. The summed E-state index contributed by atoms with van der Waals surface area (Å²) in [6.45, 7) is 3.89. The number of hydroxylamine groups is 1. The van der Waals surface area contributed by atoms with E-state index in [0.717, 1.165) is 22.4 Å². The minimum Gasteiger partial charge on any atom is -0.273 e. The van der Waals surface area contributed by atoms with E-state index in [1.54, 1.807) is 17.2 Å². The predicted octanol–water partition coefficient (Wildman–Crippen LogP) is 5.01. The molecule has 3 atom stereocenters. The number of fused-ring (bicyclic) bond motifs is 1. The van der Waals surface area contributed by atoms with E-state index in [9.17, 15) is 9.59 Å². The molecule has 2 fully saturated rings. The lowest BCUT2D eigenvalue weighted by molar-refractivity contribution is -0.126. The molecule has 2 saturated heterocycles. The van der Waals surface area contributed by atoms with Gasteiger partial charge in [-0.25, -0.2) is 9.96 Å². The standard InChI is InChI=1S/C25H21ClN2O3/c1-15-8-13-20(16(2)14-15)27-24(29)21-22(17-9-11-18(26)12-10-17)28(31-23(21)25(27)30)19-6-4-3-5-7-19/h3-14,21-23H,1-2H3/t21-,22+,23+/m1/s1. The van der Waals surface area contributed by atoms with E-state index in [0.29, 0.717) is 10.7 Å². The van der Waals surface area contributed by atoms with E-state index in [1.807, 2.05) is 74.5 Å². The number of rotatable bonds is 3. The van der Waals surface area contributed by atoms with Gasteiger partial charge in [0.1, 0.15) is 5.92 Å². The molecule has 3 aromatic carbocycles. The van der Waals surface area contributed by atoms with Crippen molar-refractivity contribution in [1.82, 2.24) is 0 Å². The third kappa shape index (κ3) is 3.21. The summed E-state index contributed by atoms with van der Waals surface area (Å²) in [5.74, 6) is -1.24. The van der Waals surface area contributed by atoms with Crippen molar-refractivity contribution in [3.63, 3.8) is 0 Å². The molecule has 5 nitrogen and oxygen atoms in total. The van der Waals surface area contributed by atoms with Gasteiger partial charge >= 0.3 is 0 Å². The number of imide groups is 1. The van der Waals surface area contributed by atoms with E-state index in [1.165, 1.54) is 4.90 Å². The van der Waals surface area contributed by atoms with Gasteiger partial charge in [0.05, 0.1) is 17.4 Å². The first-order valence-electron chi connectivity index (χ1n) is 10.2. The maximum absolute atomic E-state index is 13.6. The molecule has 0 unspecified atom stereocenters. The Kier molecular flexibility index (Phi) is 4.80. The zero-order chi connectivity index (χ0) is 21.7. The maximum atomic E-state index is 13.6. The van der Waals surface area contributed by atoms with Crippen molar-refractivity contribution in [3.05, 3.63) is 94.5 Å². The van der Waals surface area contributed by atoms with Crippen LogP contribution in [0.5, 0.6) is 0 Å². The molecule has 0 bridgehead atoms. The summed E-state index contributed by atoms with van der Waals surface area (Å²) in [6.07, 6.45) is -0.880. The molecule has 2 heterocycles. The Hall–Kier alpha value is -3.15. The van der Waals surface area contributed by atoms with Crippen molar-refractivity contribution in [1.29, 1.82) is 0 Å². The van der Waals surface area contributed by atoms with Gasteiger partial charge in [-0.2, -0.15) is 0 Å². The molecular weight excluding hydrogens is 412 g/mol. The summed E-state index contributed by atoms with van der Waals surface area (Å²) in [5.41, 5.74) is 4.22. The second-order valence-corrected chi connectivity index (χ2v) is 8.45. The molecule has 0 N–H and O–H groups in total. The van der Waals surface area contributed by atoms with Crippen molar-refractivity contribution >= 4 is 34.8 Å². The summed E-state index contributed by atoms with van der Waals surface area (Å²) < 4.78 is 0. The number of anilines is 2. The normalized spacial score (nSPS) is 22.9. The Morgan fingerprint density at radius 1 is 0.871 bits per heavy atom. The highest BCUT2D eigenvalue weighted by molar-refractivity contribution is 6.30. The predicted molar refractivity (Wildman–Crippen MR) is 120 cm³/mol. The highest BCUT2D eigenvalue weighted by Crippen LogP contribution is 2.48. The molecule has 0 aliphatic carbocycles. The van der Waals surface area contributed by atoms with Crippen LogP contribution in [0.15, 0.2) is 72.8 Å². The van der Waals surface area contributed by atoms with E-state index in [-0.39, 0.29) is 11.8 Å². The van der Waals surface area contributed by atoms with Crippen LogP contribution in [0.1, 0.15) is 22.7 Å². The Bertz CT molecular complexity index is 1160. The Labute approximate surface area is 185 Å². The Morgan fingerprint density at radius 3 is 2.26 bits per heavy atom. The van der Waals surface area contributed by atoms with E-state index in [4.69, 9.17) is 16.4 Å². The maximum Gasteiger partial charge on any atom is 0.266 e. The summed E-state index contributed by atoms with van der Waals surface area (Å²) in [5, 5.41) is 2.30. The number of benzene rings is 3. The van der Waals surface area contributed by atoms with Gasteiger partial charge in [0.15, 0.2) is 6.10 Å². The molecule has 2 aliphatic rings. The molecule has 2 aliphatic heterocycles. The van der Waals surface area contributed by atoms with Crippen LogP contribution in [-0.2, 0) is 14.4 Å². The van der Waals surface area contributed by atoms with Gasteiger partial charge in [-0.05, 0) is 55.3 Å². The van der Waals surface area contributed by atoms with Crippen molar-refractivity contribution in [2.75, 3.05) is 9.96 Å². The minimum absolute atomic E-state index is 0.250. The summed E-state index contributed by atoms with van der Waals surface area (Å²) >= 11 is 6.09. The summed E-state index contributed by atoms with van der Waals surface area (Å²) in [4.78, 5) is 34.5. The number of para-hydroxylation sites is 1. The number of nitrogens with zero attached hydrogens (tertiary/aromatic N) is 2. The van der Waals surface area contributed by atoms with Crippen LogP contribution in [0.25, 0.3) is 0 Å². The van der Waals surface area contributed by atoms with Crippen LogP contribution in [0.2, 0.25) is 5.02 Å². The molecule has 6 heteroatoms. The topological polar surface area (TPSA) is 49.9 Å². The monoisotopic (exact) mass is 432 g/mol. The second-order valence-electron chi connectivity index (χ2n) is 8.01. The van der Waals surface area contributed by atoms with E-state index in [2.05, 4.69) is 0 Å². The molecule has 0 saturated carbocycles. The SMILES string of the molecule is Cc1ccc(N2C(=O)[C@H]3[C@H](ON(c4ccccc4)[C@H]3c3ccc(Cl)cc3)C2=O)c(C)c1. The lowest BCUT2D eigenvalue weighted by atomic mass is 9.90. The number of hydrogen-bond acceptors (Lipinski definition) is 4. The molecule has 31 heavy (non-hydrogen) atoms. The average Bonchev–Trinajstić information content (AvgIpc) is 3.26. The van der Waals surface area contributed by atoms with Gasteiger partial charge < -0.3 is 0 Å². The fraction of sp³-hybridized carbons (Fsp3) is 0.200. The van der Waals surface area contributed by atoms with E-state index >= 15 is 0 Å². The first kappa shape index (κ1) is 19.8. The minimum atomic E-state index is -0.880. The highest BCUT2D eigenvalue weighted by Gasteiger charge is 2.60. The lowest BCUT2D eigenvalue weighted by Gasteiger charge is -2.29. The molecule has 3 aromatic rings. The third-order valence-corrected chi connectivity index (χ3v) is 6.18. The van der Waals surface area contributed by atoms with Crippen LogP contribution in [0, 0.1) is 19.8 Å². The van der Waals surface area contributed by atoms with Crippen LogP contribution in [-0.4, -0.2) is 17.9 Å². The molecule has 5 rings (SSSR count). The van der Waals surface area contributed by atoms with Gasteiger partial charge in [-0.1, -0.05) is 59.6 Å². The van der Waals surface area contributed by atoms with Crippen LogP contribution in [0.4, 0.5) is 11.4 Å². The lowest BCUT2D eigenvalue weighted by Crippen LogP contribution is -2.37. The quantitative estimate of drug-likeness (QED) is 0.546. The first-order valence-corrected chi connectivity index (χ1v) is 10.5. The van der Waals surface area contributed by atoms with Gasteiger partial charge in [-0.3, -0.25) is 14.4 Å². The van der Waals surface area contributed by atoms with Crippen molar-refractivity contribution in [2.45, 2.75) is 26.0 Å². The zero-order valence-electron chi connectivity index (χ0n) is 17.2. The van der Waals surface area contributed by atoms with Crippen LogP contribution in [0.3, 0.4) is 0 Å². The summed E-state index contributed by atoms with van der Waals surface area (Å²) in [7, 11) is 0. The molecule has 0 radical (unpaired) electrons. The molecule has 2 amide bonds. The van der Waals surface area contributed by atoms with Crippen molar-refractivity contribution < 1.29 is 14.4 Å². The number of carbonyl (C=O) groups is 2. The Balaban J connectivity index is 1.59. The number of halogens is 1. The van der Waals surface area contributed by atoms with Crippen molar-refractivity contribution in [3.8, 4) is 0 Å². The van der Waals surface area contributed by atoms with Gasteiger partial charge in [-0.15, -0.1) is 0 Å². The fourth-order valence-electron chi connectivity index (χ4n) is 4.51. The molecular formula is C25H21ClN2O3. The smallest absolute Gasteiger partial charge is 0.266 e. The van der Waals surface area contributed by atoms with E-state index < -0.39 is 18.1 Å². The molecule has 156 valence electrons. The fourth-order valence-corrected chi connectivity index (χ4v) is 4.63. The third-order valence-electron chi connectivity index (χ3n) is 5.93. The number of aryl methyl sites for hydroxylation is 2. The second kappa shape index (κ2) is 7.52. The number of amides is 2. The van der Waals surface area contributed by atoms with Crippen LogP contribution >= 0.6 is 11.6 Å². The van der Waals surface area contributed by atoms with Gasteiger partial charge in [0.2, 0.25) is 5.91 Å². The van der Waals surface area contributed by atoms with Crippen LogP contribution < -0.4 is 9.96 Å². The molecule has 0 aromatic heterocycles. The van der Waals surface area contributed by atoms with Crippen molar-refractivity contribution in [2.24, 2.45) is 5.92 Å². The van der Waals surface area contributed by atoms with Gasteiger partial charge in [0, 0.05) is 5.02 Å². The van der Waals surface area contributed by atoms with Gasteiger partial charge in [0.25, 0.3) is 5.91 Å².